The van der Waals surface area contributed by atoms with Crippen molar-refractivity contribution < 1.29 is 9.53 Å². The van der Waals surface area contributed by atoms with Gasteiger partial charge in [0.15, 0.2) is 0 Å². The van der Waals surface area contributed by atoms with Crippen molar-refractivity contribution in [3.05, 3.63) is 0 Å². The van der Waals surface area contributed by atoms with Gasteiger partial charge in [0.25, 0.3) is 0 Å². The summed E-state index contributed by atoms with van der Waals surface area (Å²) in [7, 11) is 0. The van der Waals surface area contributed by atoms with Gasteiger partial charge in [-0.15, -0.1) is 0 Å². The van der Waals surface area contributed by atoms with Crippen LogP contribution >= 0.6 is 0 Å². The largest absolute Gasteiger partial charge is 0.441 e. The molecule has 3 heteroatoms. The number of cyclic esters (lactones) is 1. The maximum Gasteiger partial charge on any atom is 0.410 e. The van der Waals surface area contributed by atoms with Crippen molar-refractivity contribution in [1.29, 1.82) is 0 Å². The molecule has 0 aromatic heterocycles. The van der Waals surface area contributed by atoms with Crippen LogP contribution < -0.4 is 0 Å². The van der Waals surface area contributed by atoms with Gasteiger partial charge in [0, 0.05) is 6.54 Å². The maximum atomic E-state index is 11.2. The van der Waals surface area contributed by atoms with Crippen LogP contribution in [-0.4, -0.2) is 29.7 Å². The van der Waals surface area contributed by atoms with Crippen LogP contribution in [0.15, 0.2) is 0 Å². The summed E-state index contributed by atoms with van der Waals surface area (Å²) < 4.78 is 5.34. The van der Waals surface area contributed by atoms with Gasteiger partial charge < -0.3 is 9.64 Å². The Balaban J connectivity index is 2.68. The summed E-state index contributed by atoms with van der Waals surface area (Å²) in [6.45, 7) is 7.62. The normalized spacial score (nSPS) is 21.2. The van der Waals surface area contributed by atoms with E-state index >= 15 is 0 Å². The molecule has 0 bridgehead atoms. The number of rotatable bonds is 3. The highest BCUT2D eigenvalue weighted by atomic mass is 16.6. The smallest absolute Gasteiger partial charge is 0.410 e. The number of likely N-dealkylation sites (N-methyl/N-ethyl adjacent to an activating group) is 1. The topological polar surface area (TPSA) is 29.5 Å². The molecule has 0 unspecified atom stereocenters. The molecule has 1 saturated heterocycles. The first-order valence-corrected chi connectivity index (χ1v) is 4.65. The molecule has 1 rings (SSSR count). The van der Waals surface area contributed by atoms with E-state index in [4.69, 9.17) is 4.74 Å². The monoisotopic (exact) mass is 171 g/mol. The van der Waals surface area contributed by atoms with Gasteiger partial charge in [-0.2, -0.15) is 0 Å². The van der Waals surface area contributed by atoms with E-state index in [2.05, 4.69) is 13.8 Å². The molecule has 12 heavy (non-hydrogen) atoms. The third-order valence-electron chi connectivity index (χ3n) is 2.71. The van der Waals surface area contributed by atoms with E-state index < -0.39 is 0 Å². The molecule has 1 heterocycles. The first kappa shape index (κ1) is 9.36. The number of nitrogens with zero attached hydrogens (tertiary/aromatic N) is 1. The highest BCUT2D eigenvalue weighted by molar-refractivity contribution is 5.70. The van der Waals surface area contributed by atoms with Crippen LogP contribution in [0.2, 0.25) is 0 Å². The van der Waals surface area contributed by atoms with Gasteiger partial charge in [-0.3, -0.25) is 0 Å². The lowest BCUT2D eigenvalue weighted by molar-refractivity contribution is 0.0504. The van der Waals surface area contributed by atoms with E-state index in [1.807, 2.05) is 6.92 Å². The zero-order valence-electron chi connectivity index (χ0n) is 8.09. The Kier molecular flexibility index (Phi) is 2.60. The molecule has 0 radical (unpaired) electrons. The molecule has 3 nitrogen and oxygen atoms in total. The third kappa shape index (κ3) is 1.40. The zero-order chi connectivity index (χ0) is 9.19. The number of carbonyl (C=O) groups is 1. The van der Waals surface area contributed by atoms with E-state index in [1.54, 1.807) is 4.90 Å². The predicted octanol–water partition coefficient (Wildman–Crippen LogP) is 2.02. The van der Waals surface area contributed by atoms with Crippen LogP contribution in [0.4, 0.5) is 4.79 Å². The van der Waals surface area contributed by atoms with Crippen molar-refractivity contribution in [3.8, 4) is 0 Å². The van der Waals surface area contributed by atoms with Gasteiger partial charge in [-0.1, -0.05) is 13.8 Å². The molecule has 0 saturated carbocycles. The lowest BCUT2D eigenvalue weighted by atomic mass is 9.98. The van der Waals surface area contributed by atoms with E-state index in [-0.39, 0.29) is 11.7 Å². The maximum absolute atomic E-state index is 11.2. The zero-order valence-corrected chi connectivity index (χ0v) is 8.09. The molecule has 0 aromatic rings. The van der Waals surface area contributed by atoms with Gasteiger partial charge in [0.2, 0.25) is 0 Å². The molecule has 1 fully saturated rings. The fourth-order valence-corrected chi connectivity index (χ4v) is 1.55. The van der Waals surface area contributed by atoms with E-state index in [0.29, 0.717) is 0 Å². The molecular weight excluding hydrogens is 154 g/mol. The van der Waals surface area contributed by atoms with Crippen LogP contribution in [0.25, 0.3) is 0 Å². The van der Waals surface area contributed by atoms with Gasteiger partial charge in [-0.25, -0.2) is 4.79 Å². The lowest BCUT2D eigenvalue weighted by Crippen LogP contribution is -2.33. The summed E-state index contributed by atoms with van der Waals surface area (Å²) in [6, 6.07) is 0. The second kappa shape index (κ2) is 3.33. The minimum atomic E-state index is -0.201. The minimum Gasteiger partial charge on any atom is -0.441 e. The molecule has 0 N–H and O–H groups in total. The fourth-order valence-electron chi connectivity index (χ4n) is 1.55. The van der Waals surface area contributed by atoms with Crippen LogP contribution in [0, 0.1) is 0 Å². The standard InChI is InChI=1S/C9H17NO2/c1-4-9(5-2)7-10(6-3)8(11)12-9/h4-7H2,1-3H3. The molecule has 0 aliphatic carbocycles. The van der Waals surface area contributed by atoms with E-state index in [9.17, 15) is 4.79 Å². The Morgan fingerprint density at radius 2 is 2.00 bits per heavy atom. The number of ether oxygens (including phenoxy) is 1. The first-order valence-electron chi connectivity index (χ1n) is 4.65. The number of amides is 1. The Bertz CT molecular complexity index is 175. The van der Waals surface area contributed by atoms with Crippen molar-refractivity contribution >= 4 is 6.09 Å². The van der Waals surface area contributed by atoms with Crippen LogP contribution in [0.3, 0.4) is 0 Å². The summed E-state index contributed by atoms with van der Waals surface area (Å²) in [5.74, 6) is 0. The quantitative estimate of drug-likeness (QED) is 0.650. The molecule has 0 aromatic carbocycles. The van der Waals surface area contributed by atoms with Crippen molar-refractivity contribution in [2.75, 3.05) is 13.1 Å². The molecule has 1 aliphatic rings. The Labute approximate surface area is 73.7 Å². The van der Waals surface area contributed by atoms with Crippen molar-refractivity contribution in [3.63, 3.8) is 0 Å². The SMILES string of the molecule is CCN1CC(CC)(CC)OC1=O. The van der Waals surface area contributed by atoms with Gasteiger partial charge in [-0.05, 0) is 19.8 Å². The molecule has 1 aliphatic heterocycles. The minimum absolute atomic E-state index is 0.152. The van der Waals surface area contributed by atoms with Crippen molar-refractivity contribution in [2.24, 2.45) is 0 Å². The Hall–Kier alpha value is -0.730. The number of hydrogen-bond donors (Lipinski definition) is 0. The summed E-state index contributed by atoms with van der Waals surface area (Å²) in [5, 5.41) is 0. The summed E-state index contributed by atoms with van der Waals surface area (Å²) in [4.78, 5) is 13.0. The number of hydrogen-bond acceptors (Lipinski definition) is 2. The lowest BCUT2D eigenvalue weighted by Gasteiger charge is -2.22. The van der Waals surface area contributed by atoms with Gasteiger partial charge in [0.1, 0.15) is 5.60 Å². The van der Waals surface area contributed by atoms with E-state index in [1.165, 1.54) is 0 Å². The number of carbonyl (C=O) groups excluding carboxylic acids is 1. The van der Waals surface area contributed by atoms with Crippen molar-refractivity contribution in [1.82, 2.24) is 4.90 Å². The second-order valence-electron chi connectivity index (χ2n) is 3.27. The average Bonchev–Trinajstić information content (AvgIpc) is 2.43. The average molecular weight is 171 g/mol. The van der Waals surface area contributed by atoms with Gasteiger partial charge >= 0.3 is 6.09 Å². The van der Waals surface area contributed by atoms with Crippen LogP contribution in [0.1, 0.15) is 33.6 Å². The molecule has 0 atom stereocenters. The molecule has 1 amide bonds. The fraction of sp³-hybridized carbons (Fsp3) is 0.889. The Morgan fingerprint density at radius 1 is 1.42 bits per heavy atom. The predicted molar refractivity (Wildman–Crippen MR) is 47.0 cm³/mol. The highest BCUT2D eigenvalue weighted by Crippen LogP contribution is 2.28. The van der Waals surface area contributed by atoms with E-state index in [0.717, 1.165) is 25.9 Å². The third-order valence-corrected chi connectivity index (χ3v) is 2.71. The van der Waals surface area contributed by atoms with Crippen molar-refractivity contribution in [2.45, 2.75) is 39.2 Å². The highest BCUT2D eigenvalue weighted by Gasteiger charge is 2.41. The van der Waals surface area contributed by atoms with Crippen LogP contribution in [0.5, 0.6) is 0 Å². The summed E-state index contributed by atoms with van der Waals surface area (Å²) >= 11 is 0. The summed E-state index contributed by atoms with van der Waals surface area (Å²) in [6.07, 6.45) is 1.67. The summed E-state index contributed by atoms with van der Waals surface area (Å²) in [5.41, 5.74) is -0.201. The molecule has 70 valence electrons. The van der Waals surface area contributed by atoms with Gasteiger partial charge in [0.05, 0.1) is 6.54 Å². The second-order valence-corrected chi connectivity index (χ2v) is 3.27. The molecular formula is C9H17NO2. The first-order chi connectivity index (χ1) is 5.67. The van der Waals surface area contributed by atoms with Crippen LogP contribution in [-0.2, 0) is 4.74 Å². The Morgan fingerprint density at radius 3 is 2.25 bits per heavy atom. The molecule has 0 spiro atoms.